The number of nitrogens with zero attached hydrogens (tertiary/aromatic N) is 2. The second-order valence-corrected chi connectivity index (χ2v) is 8.40. The summed E-state index contributed by atoms with van der Waals surface area (Å²) in [5.74, 6) is 1.24. The van der Waals surface area contributed by atoms with Gasteiger partial charge < -0.3 is 9.52 Å². The monoisotopic (exact) mass is 462 g/mol. The second kappa shape index (κ2) is 8.44. The molecule has 1 atom stereocenters. The van der Waals surface area contributed by atoms with Gasteiger partial charge in [-0.05, 0) is 88.8 Å². The smallest absolute Gasteiger partial charge is 0.227 e. The minimum absolute atomic E-state index is 0.177. The Morgan fingerprint density at radius 1 is 1.17 bits per heavy atom. The molecule has 30 heavy (non-hydrogen) atoms. The van der Waals surface area contributed by atoms with E-state index in [1.54, 1.807) is 6.21 Å². The first-order valence-corrected chi connectivity index (χ1v) is 10.8. The molecule has 1 aromatic heterocycles. The number of aromatic nitrogens is 1. The quantitative estimate of drug-likeness (QED) is 0.311. The van der Waals surface area contributed by atoms with Crippen LogP contribution in [-0.2, 0) is 0 Å². The molecule has 4 rings (SSSR count). The largest absolute Gasteiger partial charge is 0.506 e. The van der Waals surface area contributed by atoms with Crippen LogP contribution in [0.1, 0.15) is 42.9 Å². The molecule has 0 amide bonds. The SMILES string of the molecule is CC[C@@H](C)c1ccc2oc(-c3cccc(N=Cc4cc(C)cc(Br)c4O)c3)nc2c1. The molecule has 4 aromatic rings. The molecule has 0 radical (unpaired) electrons. The molecule has 3 aromatic carbocycles. The van der Waals surface area contributed by atoms with Gasteiger partial charge in [-0.15, -0.1) is 0 Å². The molecule has 1 N–H and O–H groups in total. The Bertz CT molecular complexity index is 1240. The molecular weight excluding hydrogens is 440 g/mol. The van der Waals surface area contributed by atoms with Crippen molar-refractivity contribution >= 4 is 38.9 Å². The summed E-state index contributed by atoms with van der Waals surface area (Å²) in [7, 11) is 0. The number of phenols is 1. The van der Waals surface area contributed by atoms with Gasteiger partial charge in [0.25, 0.3) is 0 Å². The average Bonchev–Trinajstić information content (AvgIpc) is 3.18. The van der Waals surface area contributed by atoms with Gasteiger partial charge in [0, 0.05) is 17.3 Å². The molecule has 0 aliphatic carbocycles. The van der Waals surface area contributed by atoms with Crippen molar-refractivity contribution in [1.29, 1.82) is 0 Å². The normalized spacial score (nSPS) is 12.7. The molecule has 1 heterocycles. The summed E-state index contributed by atoms with van der Waals surface area (Å²) in [6, 6.07) is 17.7. The Labute approximate surface area is 184 Å². The highest BCUT2D eigenvalue weighted by atomic mass is 79.9. The molecule has 0 spiro atoms. The molecule has 0 fully saturated rings. The van der Waals surface area contributed by atoms with E-state index >= 15 is 0 Å². The van der Waals surface area contributed by atoms with E-state index in [-0.39, 0.29) is 5.75 Å². The van der Waals surface area contributed by atoms with Crippen molar-refractivity contribution in [2.45, 2.75) is 33.1 Å². The Kier molecular flexibility index (Phi) is 5.73. The van der Waals surface area contributed by atoms with Gasteiger partial charge in [-0.1, -0.05) is 26.0 Å². The van der Waals surface area contributed by atoms with Crippen LogP contribution in [0.25, 0.3) is 22.6 Å². The summed E-state index contributed by atoms with van der Waals surface area (Å²) < 4.78 is 6.64. The molecule has 0 aliphatic heterocycles. The van der Waals surface area contributed by atoms with Gasteiger partial charge in [-0.25, -0.2) is 4.98 Å². The first-order chi connectivity index (χ1) is 14.4. The summed E-state index contributed by atoms with van der Waals surface area (Å²) in [6.45, 7) is 6.38. The van der Waals surface area contributed by atoms with E-state index in [4.69, 9.17) is 9.40 Å². The first-order valence-electron chi connectivity index (χ1n) is 9.98. The minimum Gasteiger partial charge on any atom is -0.506 e. The summed E-state index contributed by atoms with van der Waals surface area (Å²) in [6.07, 6.45) is 2.75. The van der Waals surface area contributed by atoms with E-state index in [9.17, 15) is 5.11 Å². The number of aliphatic imine (C=N–C) groups is 1. The highest BCUT2D eigenvalue weighted by Gasteiger charge is 2.11. The van der Waals surface area contributed by atoms with Crippen LogP contribution in [0, 0.1) is 6.92 Å². The molecule has 152 valence electrons. The van der Waals surface area contributed by atoms with Gasteiger partial charge in [-0.2, -0.15) is 0 Å². The number of fused-ring (bicyclic) bond motifs is 1. The van der Waals surface area contributed by atoms with Crippen molar-refractivity contribution in [2.24, 2.45) is 4.99 Å². The Balaban J connectivity index is 1.65. The van der Waals surface area contributed by atoms with Gasteiger partial charge in [0.1, 0.15) is 11.3 Å². The fourth-order valence-electron chi connectivity index (χ4n) is 3.33. The molecule has 5 heteroatoms. The molecule has 0 aliphatic rings. The number of benzene rings is 3. The number of oxazole rings is 1. The lowest BCUT2D eigenvalue weighted by molar-refractivity contribution is 0.471. The predicted molar refractivity (Wildman–Crippen MR) is 126 cm³/mol. The van der Waals surface area contributed by atoms with E-state index in [0.29, 0.717) is 21.8 Å². The topological polar surface area (TPSA) is 58.6 Å². The number of aromatic hydroxyl groups is 1. The Morgan fingerprint density at radius 2 is 2.00 bits per heavy atom. The molecule has 0 bridgehead atoms. The summed E-state index contributed by atoms with van der Waals surface area (Å²) in [5, 5.41) is 10.2. The van der Waals surface area contributed by atoms with E-state index in [1.807, 2.05) is 49.4 Å². The van der Waals surface area contributed by atoms with Gasteiger partial charge in [0.2, 0.25) is 5.89 Å². The standard InChI is InChI=1S/C25H23BrN2O2/c1-4-16(3)17-8-9-23-22(13-17)28-25(30-23)18-6-5-7-20(12-18)27-14-19-10-15(2)11-21(26)24(19)29/h5-14,16,29H,4H2,1-3H3/t16-/m1/s1. The van der Waals surface area contributed by atoms with Crippen LogP contribution in [-0.4, -0.2) is 16.3 Å². The van der Waals surface area contributed by atoms with Crippen molar-refractivity contribution in [2.75, 3.05) is 0 Å². The predicted octanol–water partition coefficient (Wildman–Crippen LogP) is 7.54. The molecule has 0 unspecified atom stereocenters. The first kappa shape index (κ1) is 20.4. The maximum Gasteiger partial charge on any atom is 0.227 e. The lowest BCUT2D eigenvalue weighted by Crippen LogP contribution is -1.90. The highest BCUT2D eigenvalue weighted by molar-refractivity contribution is 9.10. The van der Waals surface area contributed by atoms with Crippen LogP contribution < -0.4 is 0 Å². The van der Waals surface area contributed by atoms with Crippen LogP contribution in [0.4, 0.5) is 5.69 Å². The summed E-state index contributed by atoms with van der Waals surface area (Å²) in [5.41, 5.74) is 6.23. The van der Waals surface area contributed by atoms with Crippen molar-refractivity contribution in [1.82, 2.24) is 4.98 Å². The van der Waals surface area contributed by atoms with E-state index in [2.05, 4.69) is 46.9 Å². The van der Waals surface area contributed by atoms with Crippen molar-refractivity contribution in [3.05, 3.63) is 75.8 Å². The maximum absolute atomic E-state index is 10.2. The van der Waals surface area contributed by atoms with Crippen molar-refractivity contribution in [3.63, 3.8) is 0 Å². The highest BCUT2D eigenvalue weighted by Crippen LogP contribution is 2.31. The number of halogens is 1. The van der Waals surface area contributed by atoms with E-state index < -0.39 is 0 Å². The van der Waals surface area contributed by atoms with Gasteiger partial charge >= 0.3 is 0 Å². The van der Waals surface area contributed by atoms with Gasteiger partial charge in [0.15, 0.2) is 5.58 Å². The van der Waals surface area contributed by atoms with Crippen LogP contribution >= 0.6 is 15.9 Å². The number of hydrogen-bond donors (Lipinski definition) is 1. The third kappa shape index (κ3) is 4.17. The zero-order chi connectivity index (χ0) is 21.3. The fraction of sp³-hybridized carbons (Fsp3) is 0.200. The third-order valence-electron chi connectivity index (χ3n) is 5.28. The Hall–Kier alpha value is -2.92. The average molecular weight is 463 g/mol. The molecule has 4 nitrogen and oxygen atoms in total. The number of hydrogen-bond acceptors (Lipinski definition) is 4. The van der Waals surface area contributed by atoms with Crippen LogP contribution in [0.5, 0.6) is 5.75 Å². The summed E-state index contributed by atoms with van der Waals surface area (Å²) >= 11 is 3.37. The van der Waals surface area contributed by atoms with Gasteiger partial charge in [0.05, 0.1) is 10.2 Å². The van der Waals surface area contributed by atoms with Crippen LogP contribution in [0.15, 0.2) is 68.5 Å². The fourth-order valence-corrected chi connectivity index (χ4v) is 3.92. The maximum atomic E-state index is 10.2. The van der Waals surface area contributed by atoms with Crippen molar-refractivity contribution in [3.8, 4) is 17.2 Å². The molecule has 0 saturated carbocycles. The molecule has 0 saturated heterocycles. The van der Waals surface area contributed by atoms with Gasteiger partial charge in [-0.3, -0.25) is 4.99 Å². The lowest BCUT2D eigenvalue weighted by atomic mass is 9.98. The lowest BCUT2D eigenvalue weighted by Gasteiger charge is -2.07. The number of aryl methyl sites for hydroxylation is 1. The van der Waals surface area contributed by atoms with E-state index in [1.165, 1.54) is 5.56 Å². The number of rotatable bonds is 5. The van der Waals surface area contributed by atoms with Crippen molar-refractivity contribution < 1.29 is 9.52 Å². The summed E-state index contributed by atoms with van der Waals surface area (Å²) in [4.78, 5) is 9.23. The molecular formula is C25H23BrN2O2. The van der Waals surface area contributed by atoms with Crippen LogP contribution in [0.3, 0.4) is 0 Å². The second-order valence-electron chi connectivity index (χ2n) is 7.55. The third-order valence-corrected chi connectivity index (χ3v) is 5.88. The zero-order valence-corrected chi connectivity index (χ0v) is 18.8. The van der Waals surface area contributed by atoms with E-state index in [0.717, 1.165) is 34.3 Å². The zero-order valence-electron chi connectivity index (χ0n) is 17.2. The Morgan fingerprint density at radius 3 is 2.80 bits per heavy atom. The minimum atomic E-state index is 0.177. The number of phenolic OH excluding ortho intramolecular Hbond substituents is 1. The van der Waals surface area contributed by atoms with Crippen LogP contribution in [0.2, 0.25) is 0 Å².